The predicted octanol–water partition coefficient (Wildman–Crippen LogP) is 4.86. The molecule has 1 aliphatic rings. The highest BCUT2D eigenvalue weighted by atomic mass is 79.9. The standard InChI is InChI=1S/C19H14BrFN2OS/c20-14-5-1-12(2-6-14)11-25-19-17(10-22)16(9-18(24)23-19)13-3-7-15(21)8-4-13/h1-8,16H,9,11H2,(H,23,24)/t16-/m1/s1. The Morgan fingerprint density at radius 1 is 1.20 bits per heavy atom. The highest BCUT2D eigenvalue weighted by molar-refractivity contribution is 9.10. The van der Waals surface area contributed by atoms with Crippen molar-refractivity contribution in [2.45, 2.75) is 18.1 Å². The number of allylic oxidation sites excluding steroid dienone is 1. The first-order valence-electron chi connectivity index (χ1n) is 7.63. The summed E-state index contributed by atoms with van der Waals surface area (Å²) in [5.41, 5.74) is 2.39. The van der Waals surface area contributed by atoms with Crippen molar-refractivity contribution in [3.8, 4) is 6.07 Å². The molecule has 3 nitrogen and oxygen atoms in total. The van der Waals surface area contributed by atoms with Gasteiger partial charge in [0.25, 0.3) is 0 Å². The van der Waals surface area contributed by atoms with E-state index in [1.165, 1.54) is 23.9 Å². The summed E-state index contributed by atoms with van der Waals surface area (Å²) < 4.78 is 14.2. The lowest BCUT2D eigenvalue weighted by atomic mass is 9.87. The van der Waals surface area contributed by atoms with Crippen LogP contribution in [0.15, 0.2) is 63.6 Å². The number of nitriles is 1. The van der Waals surface area contributed by atoms with Crippen LogP contribution in [0, 0.1) is 17.1 Å². The monoisotopic (exact) mass is 416 g/mol. The summed E-state index contributed by atoms with van der Waals surface area (Å²) in [7, 11) is 0. The van der Waals surface area contributed by atoms with Gasteiger partial charge in [0.2, 0.25) is 5.91 Å². The smallest absolute Gasteiger partial charge is 0.225 e. The van der Waals surface area contributed by atoms with Crippen molar-refractivity contribution in [3.63, 3.8) is 0 Å². The number of hydrogen-bond donors (Lipinski definition) is 1. The number of nitrogens with zero attached hydrogens (tertiary/aromatic N) is 1. The molecule has 25 heavy (non-hydrogen) atoms. The van der Waals surface area contributed by atoms with E-state index in [1.807, 2.05) is 24.3 Å². The zero-order chi connectivity index (χ0) is 17.8. The normalized spacial score (nSPS) is 17.2. The maximum atomic E-state index is 13.2. The van der Waals surface area contributed by atoms with E-state index < -0.39 is 0 Å². The number of carbonyl (C=O) groups excluding carboxylic acids is 1. The maximum absolute atomic E-state index is 13.2. The van der Waals surface area contributed by atoms with Crippen molar-refractivity contribution in [2.75, 3.05) is 0 Å². The zero-order valence-corrected chi connectivity index (χ0v) is 15.5. The Morgan fingerprint density at radius 2 is 1.88 bits per heavy atom. The second kappa shape index (κ2) is 7.85. The molecule has 2 aromatic rings. The number of nitrogens with one attached hydrogen (secondary N) is 1. The largest absolute Gasteiger partial charge is 0.320 e. The Bertz CT molecular complexity index is 856. The molecule has 0 unspecified atom stereocenters. The third-order valence-electron chi connectivity index (χ3n) is 3.92. The fraction of sp³-hybridized carbons (Fsp3) is 0.158. The van der Waals surface area contributed by atoms with Crippen LogP contribution >= 0.6 is 27.7 Å². The summed E-state index contributed by atoms with van der Waals surface area (Å²) >= 11 is 4.83. The van der Waals surface area contributed by atoms with Crippen LogP contribution in [-0.4, -0.2) is 5.91 Å². The highest BCUT2D eigenvalue weighted by Gasteiger charge is 2.29. The summed E-state index contributed by atoms with van der Waals surface area (Å²) in [5.74, 6) is -0.167. The molecule has 0 saturated carbocycles. The van der Waals surface area contributed by atoms with Crippen LogP contribution in [0.1, 0.15) is 23.5 Å². The van der Waals surface area contributed by atoms with Crippen molar-refractivity contribution in [1.82, 2.24) is 5.32 Å². The number of carbonyl (C=O) groups is 1. The molecule has 0 radical (unpaired) electrons. The molecule has 3 rings (SSSR count). The number of halogens is 2. The van der Waals surface area contributed by atoms with E-state index in [4.69, 9.17) is 0 Å². The van der Waals surface area contributed by atoms with Gasteiger partial charge in [-0.05, 0) is 35.4 Å². The fourth-order valence-corrected chi connectivity index (χ4v) is 3.95. The quantitative estimate of drug-likeness (QED) is 0.773. The number of amides is 1. The van der Waals surface area contributed by atoms with Crippen LogP contribution in [0.3, 0.4) is 0 Å². The molecule has 1 heterocycles. The molecule has 0 bridgehead atoms. The number of benzene rings is 2. The number of rotatable bonds is 4. The summed E-state index contributed by atoms with van der Waals surface area (Å²) in [6.07, 6.45) is 0.191. The van der Waals surface area contributed by atoms with Gasteiger partial charge in [-0.1, -0.05) is 40.2 Å². The average Bonchev–Trinajstić information content (AvgIpc) is 2.61. The number of hydrogen-bond acceptors (Lipinski definition) is 3. The third-order valence-corrected chi connectivity index (χ3v) is 5.54. The number of thioether (sulfide) groups is 1. The average molecular weight is 417 g/mol. The lowest BCUT2D eigenvalue weighted by Gasteiger charge is -2.25. The van der Waals surface area contributed by atoms with E-state index >= 15 is 0 Å². The second-order valence-electron chi connectivity index (χ2n) is 5.63. The van der Waals surface area contributed by atoms with Crippen molar-refractivity contribution >= 4 is 33.6 Å². The Hall–Kier alpha value is -2.10. The molecule has 1 aliphatic heterocycles. The third kappa shape index (κ3) is 4.30. The first-order valence-corrected chi connectivity index (χ1v) is 9.41. The summed E-state index contributed by atoms with van der Waals surface area (Å²) in [4.78, 5) is 12.1. The summed E-state index contributed by atoms with van der Waals surface area (Å²) in [6, 6.07) is 16.1. The molecule has 0 aliphatic carbocycles. The van der Waals surface area contributed by atoms with Crippen LogP contribution in [0.2, 0.25) is 0 Å². The highest BCUT2D eigenvalue weighted by Crippen LogP contribution is 2.36. The molecule has 6 heteroatoms. The SMILES string of the molecule is N#CC1=C(SCc2ccc(Br)cc2)NC(=O)C[C@@H]1c1ccc(F)cc1. The predicted molar refractivity (Wildman–Crippen MR) is 100.0 cm³/mol. The van der Waals surface area contributed by atoms with Gasteiger partial charge < -0.3 is 5.32 Å². The Kier molecular flexibility index (Phi) is 5.57. The van der Waals surface area contributed by atoms with E-state index in [-0.39, 0.29) is 24.1 Å². The van der Waals surface area contributed by atoms with Crippen LogP contribution in [-0.2, 0) is 10.5 Å². The second-order valence-corrected chi connectivity index (χ2v) is 7.53. The minimum absolute atomic E-state index is 0.133. The van der Waals surface area contributed by atoms with Gasteiger partial charge in [0.1, 0.15) is 5.82 Å². The minimum Gasteiger partial charge on any atom is -0.320 e. The van der Waals surface area contributed by atoms with Gasteiger partial charge in [-0.15, -0.1) is 11.8 Å². The lowest BCUT2D eigenvalue weighted by molar-refractivity contribution is -0.120. The molecule has 0 fully saturated rings. The summed E-state index contributed by atoms with van der Waals surface area (Å²) in [5, 5.41) is 13.0. The molecule has 126 valence electrons. The Morgan fingerprint density at radius 3 is 2.52 bits per heavy atom. The van der Waals surface area contributed by atoms with E-state index in [2.05, 4.69) is 27.3 Å². The van der Waals surface area contributed by atoms with Gasteiger partial charge in [-0.25, -0.2) is 4.39 Å². The minimum atomic E-state index is -0.341. The zero-order valence-electron chi connectivity index (χ0n) is 13.1. The van der Waals surface area contributed by atoms with Gasteiger partial charge >= 0.3 is 0 Å². The molecular weight excluding hydrogens is 403 g/mol. The molecule has 2 aromatic carbocycles. The van der Waals surface area contributed by atoms with Gasteiger partial charge in [0, 0.05) is 22.6 Å². The van der Waals surface area contributed by atoms with E-state index in [0.717, 1.165) is 15.6 Å². The van der Waals surface area contributed by atoms with Crippen LogP contribution in [0.4, 0.5) is 4.39 Å². The van der Waals surface area contributed by atoms with Crippen molar-refractivity contribution in [3.05, 3.63) is 80.5 Å². The topological polar surface area (TPSA) is 52.9 Å². The van der Waals surface area contributed by atoms with E-state index in [1.54, 1.807) is 12.1 Å². The first kappa shape index (κ1) is 17.7. The molecule has 0 aromatic heterocycles. The van der Waals surface area contributed by atoms with Gasteiger partial charge in [0.05, 0.1) is 16.7 Å². The Balaban J connectivity index is 1.86. The molecular formula is C19H14BrFN2OS. The van der Waals surface area contributed by atoms with Crippen molar-refractivity contribution in [1.29, 1.82) is 5.26 Å². The van der Waals surface area contributed by atoms with Crippen LogP contribution in [0.5, 0.6) is 0 Å². The fourth-order valence-electron chi connectivity index (χ4n) is 2.65. The lowest BCUT2D eigenvalue weighted by Crippen LogP contribution is -2.30. The van der Waals surface area contributed by atoms with Gasteiger partial charge in [-0.2, -0.15) is 5.26 Å². The van der Waals surface area contributed by atoms with Crippen LogP contribution in [0.25, 0.3) is 0 Å². The molecule has 0 saturated heterocycles. The van der Waals surface area contributed by atoms with E-state index in [0.29, 0.717) is 16.4 Å². The molecule has 1 amide bonds. The van der Waals surface area contributed by atoms with Gasteiger partial charge in [0.15, 0.2) is 0 Å². The first-order chi connectivity index (χ1) is 12.1. The van der Waals surface area contributed by atoms with Crippen LogP contribution < -0.4 is 5.32 Å². The maximum Gasteiger partial charge on any atom is 0.225 e. The summed E-state index contributed by atoms with van der Waals surface area (Å²) in [6.45, 7) is 0. The molecule has 1 atom stereocenters. The van der Waals surface area contributed by atoms with Crippen molar-refractivity contribution < 1.29 is 9.18 Å². The molecule has 0 spiro atoms. The molecule has 1 N–H and O–H groups in total. The Labute approximate surface area is 158 Å². The van der Waals surface area contributed by atoms with Crippen molar-refractivity contribution in [2.24, 2.45) is 0 Å². The van der Waals surface area contributed by atoms with E-state index in [9.17, 15) is 14.4 Å². The van der Waals surface area contributed by atoms with Gasteiger partial charge in [-0.3, -0.25) is 4.79 Å².